The summed E-state index contributed by atoms with van der Waals surface area (Å²) in [7, 11) is 1.57. The number of carbonyl (C=O) groups excluding carboxylic acids is 1. The van der Waals surface area contributed by atoms with Gasteiger partial charge in [0, 0.05) is 11.8 Å². The van der Waals surface area contributed by atoms with Crippen LogP contribution < -0.4 is 10.1 Å². The molecule has 1 amide bonds. The van der Waals surface area contributed by atoms with Gasteiger partial charge in [-0.15, -0.1) is 11.6 Å². The van der Waals surface area contributed by atoms with Gasteiger partial charge in [-0.25, -0.2) is 0 Å². The number of alkyl halides is 1. The maximum absolute atomic E-state index is 12.0. The van der Waals surface area contributed by atoms with Crippen LogP contribution in [0.15, 0.2) is 48.5 Å². The van der Waals surface area contributed by atoms with Crippen LogP contribution in [0, 0.1) is 0 Å². The summed E-state index contributed by atoms with van der Waals surface area (Å²) < 4.78 is 5.05. The third-order valence-corrected chi connectivity index (χ3v) is 3.20. The number of hydrogen-bond acceptors (Lipinski definition) is 3. The van der Waals surface area contributed by atoms with E-state index in [1.807, 2.05) is 0 Å². The molecule has 0 aromatic heterocycles. The maximum Gasteiger partial charge on any atom is 0.246 e. The van der Waals surface area contributed by atoms with E-state index in [4.69, 9.17) is 16.3 Å². The topological polar surface area (TPSA) is 58.6 Å². The van der Waals surface area contributed by atoms with Crippen LogP contribution in [0.4, 0.5) is 5.69 Å². The van der Waals surface area contributed by atoms with Gasteiger partial charge in [0.25, 0.3) is 0 Å². The molecular weight excluding hydrogens is 278 g/mol. The molecule has 0 spiro atoms. The van der Waals surface area contributed by atoms with Gasteiger partial charge < -0.3 is 15.2 Å². The zero-order valence-electron chi connectivity index (χ0n) is 10.8. The number of rotatable bonds is 4. The Labute approximate surface area is 122 Å². The molecule has 0 aliphatic heterocycles. The monoisotopic (exact) mass is 291 g/mol. The molecule has 2 N–H and O–H groups in total. The lowest BCUT2D eigenvalue weighted by Crippen LogP contribution is -2.17. The fourth-order valence-electron chi connectivity index (χ4n) is 1.71. The lowest BCUT2D eigenvalue weighted by Gasteiger charge is -2.11. The van der Waals surface area contributed by atoms with Crippen LogP contribution in [0.3, 0.4) is 0 Å². The van der Waals surface area contributed by atoms with Gasteiger partial charge in [0.1, 0.15) is 16.9 Å². The van der Waals surface area contributed by atoms with E-state index < -0.39 is 5.38 Å². The molecule has 0 bridgehead atoms. The lowest BCUT2D eigenvalue weighted by atomic mass is 10.1. The summed E-state index contributed by atoms with van der Waals surface area (Å²) in [6.45, 7) is 0. The number of aromatic hydroxyl groups is 1. The zero-order chi connectivity index (χ0) is 14.5. The number of nitrogens with one attached hydrogen (secondary N) is 1. The molecule has 104 valence electrons. The predicted octanol–water partition coefficient (Wildman–Crippen LogP) is 3.32. The second kappa shape index (κ2) is 6.30. The first kappa shape index (κ1) is 14.2. The van der Waals surface area contributed by atoms with Crippen molar-refractivity contribution in [2.24, 2.45) is 0 Å². The van der Waals surface area contributed by atoms with Crippen molar-refractivity contribution in [3.8, 4) is 11.5 Å². The van der Waals surface area contributed by atoms with Crippen molar-refractivity contribution in [1.82, 2.24) is 0 Å². The standard InChI is InChI=1S/C15H14ClNO3/c1-20-13-7-5-10(6-8-13)14(16)15(19)17-11-3-2-4-12(18)9-11/h2-9,14,18H,1H3,(H,17,19). The van der Waals surface area contributed by atoms with E-state index in [1.165, 1.54) is 12.1 Å². The summed E-state index contributed by atoms with van der Waals surface area (Å²) in [5, 5.41) is 11.2. The SMILES string of the molecule is COc1ccc(C(Cl)C(=O)Nc2cccc(O)c2)cc1. The van der Waals surface area contributed by atoms with Gasteiger partial charge in [0.15, 0.2) is 0 Å². The van der Waals surface area contributed by atoms with E-state index in [1.54, 1.807) is 43.5 Å². The smallest absolute Gasteiger partial charge is 0.246 e. The van der Waals surface area contributed by atoms with Gasteiger partial charge in [0.05, 0.1) is 7.11 Å². The summed E-state index contributed by atoms with van der Waals surface area (Å²) >= 11 is 6.13. The number of anilines is 1. The molecule has 0 heterocycles. The van der Waals surface area contributed by atoms with Gasteiger partial charge in [-0.1, -0.05) is 18.2 Å². The largest absolute Gasteiger partial charge is 0.508 e. The van der Waals surface area contributed by atoms with E-state index in [2.05, 4.69) is 5.32 Å². The number of amides is 1. The molecule has 2 aromatic rings. The Morgan fingerprint density at radius 3 is 2.55 bits per heavy atom. The molecule has 2 rings (SSSR count). The normalized spacial score (nSPS) is 11.7. The van der Waals surface area contributed by atoms with Crippen molar-refractivity contribution in [3.05, 3.63) is 54.1 Å². The molecule has 0 aliphatic carbocycles. The van der Waals surface area contributed by atoms with Gasteiger partial charge in [-0.05, 0) is 29.8 Å². The molecule has 0 radical (unpaired) electrons. The molecule has 0 fully saturated rings. The van der Waals surface area contributed by atoms with Gasteiger partial charge in [-0.2, -0.15) is 0 Å². The summed E-state index contributed by atoms with van der Waals surface area (Å²) in [5.41, 5.74) is 1.17. The third kappa shape index (κ3) is 3.42. The molecule has 0 aliphatic rings. The molecule has 5 heteroatoms. The van der Waals surface area contributed by atoms with Crippen molar-refractivity contribution in [1.29, 1.82) is 0 Å². The Hall–Kier alpha value is -2.20. The Balaban J connectivity index is 2.07. The predicted molar refractivity (Wildman–Crippen MR) is 78.3 cm³/mol. The molecule has 4 nitrogen and oxygen atoms in total. The van der Waals surface area contributed by atoms with Crippen LogP contribution in [0.1, 0.15) is 10.9 Å². The fraction of sp³-hybridized carbons (Fsp3) is 0.133. The number of benzene rings is 2. The second-order valence-electron chi connectivity index (χ2n) is 4.18. The average Bonchev–Trinajstić information content (AvgIpc) is 2.46. The molecule has 0 saturated carbocycles. The van der Waals surface area contributed by atoms with E-state index in [0.717, 1.165) is 0 Å². The van der Waals surface area contributed by atoms with Crippen LogP contribution in [0.5, 0.6) is 11.5 Å². The van der Waals surface area contributed by atoms with Crippen molar-refractivity contribution in [2.45, 2.75) is 5.38 Å². The molecule has 2 aromatic carbocycles. The minimum absolute atomic E-state index is 0.0818. The summed E-state index contributed by atoms with van der Waals surface area (Å²) in [5.74, 6) is 0.423. The van der Waals surface area contributed by atoms with Crippen molar-refractivity contribution < 1.29 is 14.6 Å². The first-order valence-electron chi connectivity index (χ1n) is 5.98. The molecule has 1 atom stereocenters. The average molecular weight is 292 g/mol. The number of methoxy groups -OCH3 is 1. The first-order chi connectivity index (χ1) is 9.60. The highest BCUT2D eigenvalue weighted by Crippen LogP contribution is 2.25. The van der Waals surface area contributed by atoms with Crippen molar-refractivity contribution in [2.75, 3.05) is 12.4 Å². The van der Waals surface area contributed by atoms with Crippen LogP contribution in [-0.4, -0.2) is 18.1 Å². The zero-order valence-corrected chi connectivity index (χ0v) is 11.6. The Bertz CT molecular complexity index is 598. The highest BCUT2D eigenvalue weighted by molar-refractivity contribution is 6.32. The van der Waals surface area contributed by atoms with Crippen molar-refractivity contribution in [3.63, 3.8) is 0 Å². The summed E-state index contributed by atoms with van der Waals surface area (Å²) in [6.07, 6.45) is 0. The van der Waals surface area contributed by atoms with Gasteiger partial charge >= 0.3 is 0 Å². The van der Waals surface area contributed by atoms with Crippen LogP contribution in [0.2, 0.25) is 0 Å². The highest BCUT2D eigenvalue weighted by Gasteiger charge is 2.17. The van der Waals surface area contributed by atoms with Crippen LogP contribution in [0.25, 0.3) is 0 Å². The Kier molecular flexibility index (Phi) is 4.48. The molecular formula is C15H14ClNO3. The van der Waals surface area contributed by atoms with Gasteiger partial charge in [0.2, 0.25) is 5.91 Å². The van der Waals surface area contributed by atoms with E-state index in [9.17, 15) is 9.90 Å². The van der Waals surface area contributed by atoms with E-state index in [-0.39, 0.29) is 11.7 Å². The summed E-state index contributed by atoms with van der Waals surface area (Å²) in [4.78, 5) is 12.0. The number of ether oxygens (including phenoxy) is 1. The Morgan fingerprint density at radius 1 is 1.25 bits per heavy atom. The highest BCUT2D eigenvalue weighted by atomic mass is 35.5. The van der Waals surface area contributed by atoms with E-state index in [0.29, 0.717) is 17.0 Å². The van der Waals surface area contributed by atoms with Crippen LogP contribution in [-0.2, 0) is 4.79 Å². The van der Waals surface area contributed by atoms with Gasteiger partial charge in [-0.3, -0.25) is 4.79 Å². The second-order valence-corrected chi connectivity index (χ2v) is 4.61. The van der Waals surface area contributed by atoms with E-state index >= 15 is 0 Å². The molecule has 1 unspecified atom stereocenters. The quantitative estimate of drug-likeness (QED) is 0.850. The number of hydrogen-bond donors (Lipinski definition) is 2. The number of phenolic OH excluding ortho intramolecular Hbond substituents is 1. The number of phenols is 1. The first-order valence-corrected chi connectivity index (χ1v) is 6.41. The number of halogens is 1. The number of carbonyl (C=O) groups is 1. The minimum Gasteiger partial charge on any atom is -0.508 e. The third-order valence-electron chi connectivity index (χ3n) is 2.75. The fourth-order valence-corrected chi connectivity index (χ4v) is 1.91. The van der Waals surface area contributed by atoms with Crippen LogP contribution >= 0.6 is 11.6 Å². The maximum atomic E-state index is 12.0. The molecule has 0 saturated heterocycles. The Morgan fingerprint density at radius 2 is 1.95 bits per heavy atom. The summed E-state index contributed by atoms with van der Waals surface area (Å²) in [6, 6.07) is 13.2. The minimum atomic E-state index is -0.816. The molecule has 20 heavy (non-hydrogen) atoms. The lowest BCUT2D eigenvalue weighted by molar-refractivity contribution is -0.116. The van der Waals surface area contributed by atoms with Crippen molar-refractivity contribution >= 4 is 23.2 Å².